The van der Waals surface area contributed by atoms with Gasteiger partial charge in [0.15, 0.2) is 0 Å². The number of carbonyl (C=O) groups excluding carboxylic acids is 1. The van der Waals surface area contributed by atoms with Crippen molar-refractivity contribution in [3.05, 3.63) is 71.1 Å². The number of nitrogens with one attached hydrogen (secondary N) is 1. The maximum Gasteiger partial charge on any atom is 0.416 e. The molecule has 7 heteroatoms. The van der Waals surface area contributed by atoms with Gasteiger partial charge in [0.1, 0.15) is 18.1 Å². The number of allylic oxidation sites excluding steroid dienone is 1. The highest BCUT2D eigenvalue weighted by atomic mass is 19.4. The van der Waals surface area contributed by atoms with Crippen molar-refractivity contribution in [2.45, 2.75) is 25.6 Å². The molecule has 3 rings (SSSR count). The van der Waals surface area contributed by atoms with Crippen molar-refractivity contribution in [2.75, 3.05) is 5.01 Å². The fraction of sp³-hybridized carbons (Fsp3) is 0.222. The molecule has 1 atom stereocenters. The molecule has 4 nitrogen and oxygen atoms in total. The summed E-state index contributed by atoms with van der Waals surface area (Å²) in [6.07, 6.45) is -1.77. The van der Waals surface area contributed by atoms with Crippen LogP contribution in [0.3, 0.4) is 0 Å². The number of pyridine rings is 1. The van der Waals surface area contributed by atoms with Gasteiger partial charge in [-0.3, -0.25) is 5.01 Å². The molecule has 2 aromatic rings. The van der Waals surface area contributed by atoms with E-state index >= 15 is 0 Å². The molecule has 25 heavy (non-hydrogen) atoms. The minimum atomic E-state index is -4.39. The van der Waals surface area contributed by atoms with Crippen molar-refractivity contribution in [1.29, 1.82) is 0 Å². The number of carbonyl (C=O) groups is 1. The molecule has 1 aromatic heterocycles. The molecule has 1 N–H and O–H groups in total. The Morgan fingerprint density at radius 2 is 2.04 bits per heavy atom. The van der Waals surface area contributed by atoms with Crippen LogP contribution in [0.1, 0.15) is 18.1 Å². The predicted molar refractivity (Wildman–Crippen MR) is 87.6 cm³/mol. The van der Waals surface area contributed by atoms with Gasteiger partial charge < -0.3 is 10.2 Å². The predicted octanol–water partition coefficient (Wildman–Crippen LogP) is 3.51. The maximum absolute atomic E-state index is 12.9. The van der Waals surface area contributed by atoms with Crippen LogP contribution in [0.5, 0.6) is 0 Å². The van der Waals surface area contributed by atoms with E-state index < -0.39 is 17.8 Å². The van der Waals surface area contributed by atoms with Crippen LogP contribution in [0.25, 0.3) is 0 Å². The van der Waals surface area contributed by atoms with Crippen LogP contribution < -0.4 is 10.4 Å². The van der Waals surface area contributed by atoms with Crippen molar-refractivity contribution >= 4 is 12.1 Å². The Kier molecular flexibility index (Phi) is 4.48. The number of halogens is 3. The number of nitrogens with zero attached hydrogens (tertiary/aromatic N) is 2. The van der Waals surface area contributed by atoms with Crippen molar-refractivity contribution in [2.24, 2.45) is 0 Å². The van der Waals surface area contributed by atoms with Crippen LogP contribution in [0.2, 0.25) is 0 Å². The van der Waals surface area contributed by atoms with E-state index in [2.05, 4.69) is 10.4 Å². The van der Waals surface area contributed by atoms with Crippen molar-refractivity contribution in [3.8, 4) is 0 Å². The fourth-order valence-corrected chi connectivity index (χ4v) is 2.85. The molecular formula is C18H16F3N3O. The number of anilines is 1. The van der Waals surface area contributed by atoms with E-state index in [4.69, 9.17) is 0 Å². The van der Waals surface area contributed by atoms with Gasteiger partial charge in [0.2, 0.25) is 0 Å². The number of aldehydes is 1. The van der Waals surface area contributed by atoms with Crippen LogP contribution >= 0.6 is 0 Å². The molecule has 0 aliphatic carbocycles. The normalized spacial score (nSPS) is 17.6. The molecule has 0 saturated heterocycles. The number of aromatic nitrogens is 1. The van der Waals surface area contributed by atoms with Crippen LogP contribution in [-0.2, 0) is 17.4 Å². The van der Waals surface area contributed by atoms with Crippen LogP contribution in [0, 0.1) is 0 Å². The van der Waals surface area contributed by atoms with Crippen molar-refractivity contribution < 1.29 is 18.0 Å². The highest BCUT2D eigenvalue weighted by Gasteiger charge is 2.33. The van der Waals surface area contributed by atoms with Crippen molar-refractivity contribution in [3.63, 3.8) is 0 Å². The number of hydrogen-bond acceptors (Lipinski definition) is 4. The number of rotatable bonds is 4. The molecule has 1 aliphatic rings. The first-order chi connectivity index (χ1) is 11.9. The topological polar surface area (TPSA) is 45.2 Å². The van der Waals surface area contributed by atoms with Gasteiger partial charge in [-0.05, 0) is 42.7 Å². The van der Waals surface area contributed by atoms with Crippen LogP contribution in [0.15, 0.2) is 59.9 Å². The second-order valence-electron chi connectivity index (χ2n) is 5.78. The summed E-state index contributed by atoms with van der Waals surface area (Å²) in [6, 6.07) is 9.85. The Balaban J connectivity index is 1.87. The Labute approximate surface area is 143 Å². The zero-order valence-corrected chi connectivity index (χ0v) is 13.4. The smallest absolute Gasteiger partial charge is 0.301 e. The molecule has 1 unspecified atom stereocenters. The SMILES string of the molecule is CC1=C(Cc2cccc(C(F)(F)F)c2)C(C=O)N(c2ccccn2)N1. The van der Waals surface area contributed by atoms with Gasteiger partial charge in [0.25, 0.3) is 0 Å². The lowest BCUT2D eigenvalue weighted by molar-refractivity contribution is -0.137. The molecule has 0 fully saturated rings. The molecular weight excluding hydrogens is 331 g/mol. The number of alkyl halides is 3. The number of hydrogen-bond donors (Lipinski definition) is 1. The molecule has 0 amide bonds. The van der Waals surface area contributed by atoms with Gasteiger partial charge >= 0.3 is 6.18 Å². The van der Waals surface area contributed by atoms with E-state index in [9.17, 15) is 18.0 Å². The van der Waals surface area contributed by atoms with Gasteiger partial charge in [-0.25, -0.2) is 4.98 Å². The molecule has 0 bridgehead atoms. The van der Waals surface area contributed by atoms with Gasteiger partial charge in [0, 0.05) is 11.9 Å². The summed E-state index contributed by atoms with van der Waals surface area (Å²) in [4.78, 5) is 15.9. The monoisotopic (exact) mass is 347 g/mol. The Morgan fingerprint density at radius 3 is 2.68 bits per heavy atom. The first kappa shape index (κ1) is 17.0. The Morgan fingerprint density at radius 1 is 1.24 bits per heavy atom. The van der Waals surface area contributed by atoms with Gasteiger partial charge in [-0.2, -0.15) is 13.2 Å². The molecule has 1 aromatic carbocycles. The van der Waals surface area contributed by atoms with E-state index in [1.165, 1.54) is 6.07 Å². The standard InChI is InChI=1S/C18H16F3N3O/c1-12-15(10-13-5-4-6-14(9-13)18(19,20)21)16(11-25)24(23-12)17-7-2-3-8-22-17/h2-9,11,16,23H,10H2,1H3. The average Bonchev–Trinajstić information content (AvgIpc) is 2.91. The first-order valence-electron chi connectivity index (χ1n) is 7.68. The van der Waals surface area contributed by atoms with Gasteiger partial charge in [-0.15, -0.1) is 0 Å². The lowest BCUT2D eigenvalue weighted by Gasteiger charge is -2.23. The molecule has 0 radical (unpaired) electrons. The summed E-state index contributed by atoms with van der Waals surface area (Å²) in [6.45, 7) is 1.79. The zero-order valence-electron chi connectivity index (χ0n) is 13.4. The van der Waals surface area contributed by atoms with Crippen molar-refractivity contribution in [1.82, 2.24) is 10.4 Å². The maximum atomic E-state index is 12.9. The highest BCUT2D eigenvalue weighted by Crippen LogP contribution is 2.31. The second kappa shape index (κ2) is 6.58. The van der Waals surface area contributed by atoms with E-state index in [0.29, 0.717) is 11.4 Å². The summed E-state index contributed by atoms with van der Waals surface area (Å²) in [5.74, 6) is 0.568. The lowest BCUT2D eigenvalue weighted by Crippen LogP contribution is -2.41. The molecule has 130 valence electrons. The average molecular weight is 347 g/mol. The summed E-state index contributed by atoms with van der Waals surface area (Å²) in [7, 11) is 0. The second-order valence-corrected chi connectivity index (χ2v) is 5.78. The first-order valence-corrected chi connectivity index (χ1v) is 7.68. The third-order valence-corrected chi connectivity index (χ3v) is 4.08. The van der Waals surface area contributed by atoms with E-state index in [0.717, 1.165) is 29.7 Å². The van der Waals surface area contributed by atoms with Crippen LogP contribution in [-0.4, -0.2) is 17.3 Å². The minimum absolute atomic E-state index is 0.246. The fourth-order valence-electron chi connectivity index (χ4n) is 2.85. The van der Waals surface area contributed by atoms with E-state index in [1.807, 2.05) is 0 Å². The summed E-state index contributed by atoms with van der Waals surface area (Å²) in [5.41, 5.74) is 4.35. The van der Waals surface area contributed by atoms with Gasteiger partial charge in [0.05, 0.1) is 5.56 Å². The molecule has 1 aliphatic heterocycles. The minimum Gasteiger partial charge on any atom is -0.301 e. The Bertz CT molecular complexity index is 803. The summed E-state index contributed by atoms with van der Waals surface area (Å²) < 4.78 is 38.7. The van der Waals surface area contributed by atoms with Gasteiger partial charge in [-0.1, -0.05) is 24.3 Å². The van der Waals surface area contributed by atoms with E-state index in [1.54, 1.807) is 42.4 Å². The lowest BCUT2D eigenvalue weighted by atomic mass is 9.97. The number of benzene rings is 1. The largest absolute Gasteiger partial charge is 0.416 e. The summed E-state index contributed by atoms with van der Waals surface area (Å²) in [5, 5.41) is 1.62. The quantitative estimate of drug-likeness (QED) is 0.860. The molecule has 0 spiro atoms. The third-order valence-electron chi connectivity index (χ3n) is 4.08. The summed E-state index contributed by atoms with van der Waals surface area (Å²) >= 11 is 0. The zero-order chi connectivity index (χ0) is 18.0. The molecule has 0 saturated carbocycles. The number of hydrazine groups is 1. The third kappa shape index (κ3) is 3.50. The highest BCUT2D eigenvalue weighted by molar-refractivity contribution is 5.72. The van der Waals surface area contributed by atoms with E-state index in [-0.39, 0.29) is 6.42 Å². The molecule has 2 heterocycles. The Hall–Kier alpha value is -2.83. The van der Waals surface area contributed by atoms with Crippen LogP contribution in [0.4, 0.5) is 19.0 Å².